The van der Waals surface area contributed by atoms with E-state index in [0.29, 0.717) is 48.2 Å². The molecule has 3 rings (SSSR count). The van der Waals surface area contributed by atoms with Crippen LogP contribution in [-0.4, -0.2) is 48.6 Å². The van der Waals surface area contributed by atoms with Gasteiger partial charge in [0.2, 0.25) is 0 Å². The van der Waals surface area contributed by atoms with Crippen molar-refractivity contribution in [3.63, 3.8) is 0 Å². The Kier molecular flexibility index (Phi) is 7.62. The van der Waals surface area contributed by atoms with Crippen molar-refractivity contribution in [1.29, 1.82) is 0 Å². The molecule has 1 N–H and O–H groups in total. The minimum absolute atomic E-state index is 0.00248. The Bertz CT molecular complexity index is 1010. The van der Waals surface area contributed by atoms with Crippen LogP contribution in [0.4, 0.5) is 11.4 Å². The number of hydrogen-bond acceptors (Lipinski definition) is 4. The molecule has 160 valence electrons. The van der Waals surface area contributed by atoms with Crippen LogP contribution in [-0.2, 0) is 4.79 Å². The first-order chi connectivity index (χ1) is 15.0. The molecule has 0 bridgehead atoms. The second-order valence-electron chi connectivity index (χ2n) is 7.05. The van der Waals surface area contributed by atoms with Crippen molar-refractivity contribution in [2.75, 3.05) is 36.4 Å². The number of aliphatic imine (C=N–C) groups is 1. The van der Waals surface area contributed by atoms with Gasteiger partial charge in [-0.2, -0.15) is 0 Å². The molecule has 0 unspecified atom stereocenters. The number of allylic oxidation sites excluding steroid dienone is 2. The molecule has 1 saturated heterocycles. The third-order valence-electron chi connectivity index (χ3n) is 4.97. The average molecular weight is 437 g/mol. The third-order valence-corrected chi connectivity index (χ3v) is 5.22. The molecular weight excluding hydrogens is 412 g/mol. The van der Waals surface area contributed by atoms with E-state index in [-0.39, 0.29) is 11.8 Å². The van der Waals surface area contributed by atoms with Crippen molar-refractivity contribution < 1.29 is 9.59 Å². The molecule has 7 heteroatoms. The number of nitrogens with zero attached hydrogens (tertiary/aromatic N) is 3. The number of rotatable bonds is 6. The van der Waals surface area contributed by atoms with Crippen LogP contribution in [0.25, 0.3) is 0 Å². The van der Waals surface area contributed by atoms with Gasteiger partial charge < -0.3 is 15.1 Å². The fourth-order valence-electron chi connectivity index (χ4n) is 3.27. The zero-order chi connectivity index (χ0) is 22.2. The number of carbonyl (C=O) groups excluding carboxylic acids is 2. The predicted molar refractivity (Wildman–Crippen MR) is 127 cm³/mol. The van der Waals surface area contributed by atoms with Gasteiger partial charge in [-0.25, -0.2) is 0 Å². The number of nitrogens with one attached hydrogen (secondary N) is 1. The molecule has 1 aliphatic heterocycles. The first-order valence-corrected chi connectivity index (χ1v) is 10.4. The number of hydrogen-bond donors (Lipinski definition) is 1. The lowest BCUT2D eigenvalue weighted by molar-refractivity contribution is -0.110. The van der Waals surface area contributed by atoms with Gasteiger partial charge in [-0.1, -0.05) is 36.4 Å². The lowest BCUT2D eigenvalue weighted by Gasteiger charge is -2.37. The maximum atomic E-state index is 12.7. The molecule has 0 radical (unpaired) electrons. The molecule has 0 aromatic heterocycles. The van der Waals surface area contributed by atoms with Gasteiger partial charge in [-0.3, -0.25) is 14.6 Å². The number of para-hydroxylation sites is 2. The molecule has 6 nitrogen and oxygen atoms in total. The number of benzene rings is 2. The maximum absolute atomic E-state index is 12.7. The molecule has 0 saturated carbocycles. The summed E-state index contributed by atoms with van der Waals surface area (Å²) < 4.78 is 0. The van der Waals surface area contributed by atoms with E-state index in [1.54, 1.807) is 43.3 Å². The largest absolute Gasteiger partial charge is 0.366 e. The van der Waals surface area contributed by atoms with E-state index >= 15 is 0 Å². The Labute approximate surface area is 187 Å². The van der Waals surface area contributed by atoms with E-state index in [0.717, 1.165) is 5.69 Å². The summed E-state index contributed by atoms with van der Waals surface area (Å²) >= 11 is 5.91. The van der Waals surface area contributed by atoms with E-state index in [1.807, 2.05) is 29.2 Å². The molecule has 1 heterocycles. The van der Waals surface area contributed by atoms with Crippen LogP contribution in [0.2, 0.25) is 5.02 Å². The Morgan fingerprint density at radius 3 is 2.42 bits per heavy atom. The van der Waals surface area contributed by atoms with Gasteiger partial charge in [0.05, 0.1) is 11.4 Å². The van der Waals surface area contributed by atoms with Crippen LogP contribution in [0.5, 0.6) is 0 Å². The zero-order valence-electron chi connectivity index (χ0n) is 17.4. The SMILES string of the molecule is C=C/C=C\N=C(C)C(=O)Nc1ccccc1N1CCN(C(=O)c2ccc(Cl)cc2)CC1. The summed E-state index contributed by atoms with van der Waals surface area (Å²) in [6.07, 6.45) is 4.79. The normalized spacial score (nSPS) is 14.6. The number of anilines is 2. The maximum Gasteiger partial charge on any atom is 0.269 e. The predicted octanol–water partition coefficient (Wildman–Crippen LogP) is 4.40. The first-order valence-electron chi connectivity index (χ1n) is 10.0. The number of piperazine rings is 1. The Hall–Kier alpha value is -3.38. The van der Waals surface area contributed by atoms with Crippen molar-refractivity contribution >= 4 is 40.5 Å². The fraction of sp³-hybridized carbons (Fsp3) is 0.208. The van der Waals surface area contributed by atoms with Gasteiger partial charge >= 0.3 is 0 Å². The highest BCUT2D eigenvalue weighted by Gasteiger charge is 2.24. The zero-order valence-corrected chi connectivity index (χ0v) is 18.2. The monoisotopic (exact) mass is 436 g/mol. The van der Waals surface area contributed by atoms with E-state index in [1.165, 1.54) is 6.20 Å². The highest BCUT2D eigenvalue weighted by atomic mass is 35.5. The lowest BCUT2D eigenvalue weighted by atomic mass is 10.1. The summed E-state index contributed by atoms with van der Waals surface area (Å²) in [7, 11) is 0. The highest BCUT2D eigenvalue weighted by molar-refractivity contribution is 6.42. The molecule has 2 amide bonds. The van der Waals surface area contributed by atoms with E-state index in [9.17, 15) is 9.59 Å². The van der Waals surface area contributed by atoms with Crippen LogP contribution < -0.4 is 10.2 Å². The third kappa shape index (κ3) is 5.83. The summed E-state index contributed by atoms with van der Waals surface area (Å²) in [5.41, 5.74) is 2.62. The summed E-state index contributed by atoms with van der Waals surface area (Å²) in [4.78, 5) is 33.3. The van der Waals surface area contributed by atoms with Crippen molar-refractivity contribution in [2.45, 2.75) is 6.92 Å². The Balaban J connectivity index is 1.66. The summed E-state index contributed by atoms with van der Waals surface area (Å²) in [5, 5.41) is 3.54. The second-order valence-corrected chi connectivity index (χ2v) is 7.49. The van der Waals surface area contributed by atoms with Crippen LogP contribution in [0.15, 0.2) is 78.5 Å². The van der Waals surface area contributed by atoms with Crippen molar-refractivity contribution in [1.82, 2.24) is 4.90 Å². The Morgan fingerprint density at radius 1 is 1.06 bits per heavy atom. The van der Waals surface area contributed by atoms with Crippen LogP contribution in [0.1, 0.15) is 17.3 Å². The molecule has 1 fully saturated rings. The minimum atomic E-state index is -0.266. The van der Waals surface area contributed by atoms with Crippen LogP contribution in [0.3, 0.4) is 0 Å². The number of amides is 2. The molecule has 2 aromatic rings. The fourth-order valence-corrected chi connectivity index (χ4v) is 3.39. The molecule has 1 aliphatic rings. The van der Waals surface area contributed by atoms with Crippen molar-refractivity contribution in [3.8, 4) is 0 Å². The van der Waals surface area contributed by atoms with Crippen molar-refractivity contribution in [3.05, 3.63) is 84.0 Å². The van der Waals surface area contributed by atoms with Gasteiger partial charge in [0.15, 0.2) is 0 Å². The molecular formula is C24H25ClN4O2. The van der Waals surface area contributed by atoms with Crippen LogP contribution >= 0.6 is 11.6 Å². The molecule has 0 aliphatic carbocycles. The van der Waals surface area contributed by atoms with E-state index in [4.69, 9.17) is 11.6 Å². The van der Waals surface area contributed by atoms with Gasteiger partial charge in [-0.05, 0) is 49.4 Å². The topological polar surface area (TPSA) is 65.0 Å². The molecule has 31 heavy (non-hydrogen) atoms. The summed E-state index contributed by atoms with van der Waals surface area (Å²) in [5.74, 6) is -0.268. The lowest BCUT2D eigenvalue weighted by Crippen LogP contribution is -2.49. The average Bonchev–Trinajstić information content (AvgIpc) is 2.79. The summed E-state index contributed by atoms with van der Waals surface area (Å²) in [6.45, 7) is 7.76. The summed E-state index contributed by atoms with van der Waals surface area (Å²) in [6, 6.07) is 14.6. The molecule has 2 aromatic carbocycles. The standard InChI is InChI=1S/C24H25ClN4O2/c1-3-4-13-26-18(2)23(30)27-21-7-5-6-8-22(21)28-14-16-29(17-15-28)24(31)19-9-11-20(25)12-10-19/h3-13H,1,14-17H2,2H3,(H,27,30)/b13-4-,26-18?. The van der Waals surface area contributed by atoms with Gasteiger partial charge in [0.1, 0.15) is 5.71 Å². The Morgan fingerprint density at radius 2 is 1.74 bits per heavy atom. The number of halogens is 1. The van der Waals surface area contributed by atoms with Gasteiger partial charge in [-0.15, -0.1) is 0 Å². The van der Waals surface area contributed by atoms with Gasteiger partial charge in [0.25, 0.3) is 11.8 Å². The van der Waals surface area contributed by atoms with Crippen LogP contribution in [0, 0.1) is 0 Å². The second kappa shape index (κ2) is 10.6. The number of carbonyl (C=O) groups is 2. The van der Waals surface area contributed by atoms with Crippen molar-refractivity contribution in [2.24, 2.45) is 4.99 Å². The van der Waals surface area contributed by atoms with Gasteiger partial charge in [0, 0.05) is 43.0 Å². The smallest absolute Gasteiger partial charge is 0.269 e. The van der Waals surface area contributed by atoms with E-state index in [2.05, 4.69) is 21.8 Å². The van der Waals surface area contributed by atoms with E-state index < -0.39 is 0 Å². The quantitative estimate of drug-likeness (QED) is 0.539. The minimum Gasteiger partial charge on any atom is -0.366 e. The molecule has 0 spiro atoms. The highest BCUT2D eigenvalue weighted by Crippen LogP contribution is 2.27. The first kappa shape index (κ1) is 22.3. The molecule has 0 atom stereocenters.